The van der Waals surface area contributed by atoms with Crippen molar-refractivity contribution in [3.8, 4) is 0 Å². The largest absolute Gasteiger partial charge is 0.465 e. The number of nitrogens with zero attached hydrogens (tertiary/aromatic N) is 1. The van der Waals surface area contributed by atoms with E-state index in [0.717, 1.165) is 25.9 Å². The van der Waals surface area contributed by atoms with Gasteiger partial charge < -0.3 is 15.0 Å². The zero-order chi connectivity index (χ0) is 12.9. The van der Waals surface area contributed by atoms with Gasteiger partial charge in [-0.1, -0.05) is 6.92 Å². The Bertz CT molecular complexity index is 283. The van der Waals surface area contributed by atoms with Gasteiger partial charge in [0.2, 0.25) is 5.91 Å². The number of nitrogens with one attached hydrogen (secondary N) is 1. The highest BCUT2D eigenvalue weighted by molar-refractivity contribution is 5.86. The van der Waals surface area contributed by atoms with E-state index in [1.807, 2.05) is 6.92 Å². The lowest BCUT2D eigenvalue weighted by molar-refractivity contribution is -0.145. The summed E-state index contributed by atoms with van der Waals surface area (Å²) in [5, 5.41) is 2.66. The maximum Gasteiger partial charge on any atom is 0.325 e. The summed E-state index contributed by atoms with van der Waals surface area (Å²) in [6, 6.07) is 0. The quantitative estimate of drug-likeness (QED) is 0.725. The minimum Gasteiger partial charge on any atom is -0.465 e. The molecular weight excluding hydrogens is 220 g/mol. The van der Waals surface area contributed by atoms with Crippen molar-refractivity contribution in [3.63, 3.8) is 0 Å². The third-order valence-corrected chi connectivity index (χ3v) is 3.34. The maximum atomic E-state index is 12.0. The number of ether oxygens (including phenoxy) is 1. The van der Waals surface area contributed by atoms with Gasteiger partial charge in [0, 0.05) is 5.41 Å². The van der Waals surface area contributed by atoms with E-state index in [1.165, 1.54) is 0 Å². The summed E-state index contributed by atoms with van der Waals surface area (Å²) in [7, 11) is 2.05. The molecule has 1 aliphatic rings. The molecule has 5 nitrogen and oxygen atoms in total. The van der Waals surface area contributed by atoms with Crippen molar-refractivity contribution < 1.29 is 14.3 Å². The van der Waals surface area contributed by atoms with Gasteiger partial charge in [-0.25, -0.2) is 0 Å². The van der Waals surface area contributed by atoms with E-state index in [2.05, 4.69) is 17.3 Å². The van der Waals surface area contributed by atoms with Crippen LogP contribution in [-0.2, 0) is 14.3 Å². The van der Waals surface area contributed by atoms with Crippen LogP contribution in [0.15, 0.2) is 0 Å². The van der Waals surface area contributed by atoms with Gasteiger partial charge in [0.05, 0.1) is 6.61 Å². The van der Waals surface area contributed by atoms with Crippen LogP contribution in [0.2, 0.25) is 0 Å². The Balaban J connectivity index is 2.39. The number of carbonyl (C=O) groups is 2. The highest BCUT2D eigenvalue weighted by atomic mass is 16.5. The Hall–Kier alpha value is -1.10. The number of carbonyl (C=O) groups excluding carboxylic acids is 2. The van der Waals surface area contributed by atoms with Crippen molar-refractivity contribution in [2.24, 2.45) is 5.41 Å². The third kappa shape index (κ3) is 4.00. The number of likely N-dealkylation sites (tertiary alicyclic amines) is 1. The molecule has 1 fully saturated rings. The average molecular weight is 242 g/mol. The summed E-state index contributed by atoms with van der Waals surface area (Å²) in [6.07, 6.45) is 1.66. The molecular formula is C12H22N2O3. The van der Waals surface area contributed by atoms with Gasteiger partial charge in [-0.3, -0.25) is 9.59 Å². The van der Waals surface area contributed by atoms with Gasteiger partial charge in [0.15, 0.2) is 0 Å². The maximum absolute atomic E-state index is 12.0. The third-order valence-electron chi connectivity index (χ3n) is 3.34. The Kier molecular flexibility index (Phi) is 4.93. The monoisotopic (exact) mass is 242 g/mol. The first-order valence-corrected chi connectivity index (χ1v) is 6.10. The summed E-state index contributed by atoms with van der Waals surface area (Å²) < 4.78 is 4.77. The zero-order valence-electron chi connectivity index (χ0n) is 10.9. The number of rotatable bonds is 4. The summed E-state index contributed by atoms with van der Waals surface area (Å²) in [5.41, 5.74) is -0.348. The molecule has 1 N–H and O–H groups in total. The summed E-state index contributed by atoms with van der Waals surface area (Å²) >= 11 is 0. The first kappa shape index (κ1) is 14.0. The predicted molar refractivity (Wildman–Crippen MR) is 64.5 cm³/mol. The average Bonchev–Trinajstić information content (AvgIpc) is 2.30. The number of hydrogen-bond donors (Lipinski definition) is 1. The highest BCUT2D eigenvalue weighted by Crippen LogP contribution is 2.30. The van der Waals surface area contributed by atoms with Crippen molar-refractivity contribution in [1.82, 2.24) is 10.2 Å². The van der Waals surface area contributed by atoms with Crippen LogP contribution in [0.25, 0.3) is 0 Å². The molecule has 98 valence electrons. The Labute approximate surface area is 102 Å². The zero-order valence-corrected chi connectivity index (χ0v) is 10.9. The first-order chi connectivity index (χ1) is 7.98. The Morgan fingerprint density at radius 1 is 1.35 bits per heavy atom. The molecule has 0 aromatic carbocycles. The lowest BCUT2D eigenvalue weighted by Crippen LogP contribution is -2.47. The molecule has 0 spiro atoms. The molecule has 0 unspecified atom stereocenters. The smallest absolute Gasteiger partial charge is 0.325 e. The summed E-state index contributed by atoms with van der Waals surface area (Å²) in [5.74, 6) is -0.420. The standard InChI is InChI=1S/C12H22N2O3/c1-4-17-10(15)9-13-11(16)12(2)5-7-14(3)8-6-12/h4-9H2,1-3H3,(H,13,16). The molecule has 0 aromatic rings. The van der Waals surface area contributed by atoms with Crippen molar-refractivity contribution in [3.05, 3.63) is 0 Å². The molecule has 1 saturated heterocycles. The molecule has 0 aliphatic carbocycles. The molecule has 0 atom stereocenters. The van der Waals surface area contributed by atoms with Crippen molar-refractivity contribution >= 4 is 11.9 Å². The first-order valence-electron chi connectivity index (χ1n) is 6.10. The molecule has 0 bridgehead atoms. The van der Waals surface area contributed by atoms with E-state index in [1.54, 1.807) is 6.92 Å². The van der Waals surface area contributed by atoms with Crippen LogP contribution < -0.4 is 5.32 Å². The minimum absolute atomic E-state index is 0.0297. The fourth-order valence-corrected chi connectivity index (χ4v) is 1.92. The van der Waals surface area contributed by atoms with Crippen LogP contribution in [0.3, 0.4) is 0 Å². The van der Waals surface area contributed by atoms with Gasteiger partial charge in [0.25, 0.3) is 0 Å². The topological polar surface area (TPSA) is 58.6 Å². The van der Waals surface area contributed by atoms with Gasteiger partial charge in [-0.15, -0.1) is 0 Å². The van der Waals surface area contributed by atoms with E-state index in [9.17, 15) is 9.59 Å². The molecule has 0 saturated carbocycles. The number of esters is 1. The van der Waals surface area contributed by atoms with Crippen molar-refractivity contribution in [2.45, 2.75) is 26.7 Å². The van der Waals surface area contributed by atoms with Gasteiger partial charge in [0.1, 0.15) is 6.54 Å². The van der Waals surface area contributed by atoms with Crippen LogP contribution in [-0.4, -0.2) is 50.1 Å². The molecule has 0 aromatic heterocycles. The SMILES string of the molecule is CCOC(=O)CNC(=O)C1(C)CCN(C)CC1. The van der Waals surface area contributed by atoms with Crippen LogP contribution in [0, 0.1) is 5.41 Å². The minimum atomic E-state index is -0.377. The number of piperidine rings is 1. The summed E-state index contributed by atoms with van der Waals surface area (Å²) in [4.78, 5) is 25.3. The predicted octanol–water partition coefficient (Wildman–Crippen LogP) is 0.398. The van der Waals surface area contributed by atoms with E-state index in [0.29, 0.717) is 6.61 Å². The van der Waals surface area contributed by atoms with Crippen molar-refractivity contribution in [2.75, 3.05) is 33.3 Å². The second kappa shape index (κ2) is 6.00. The summed E-state index contributed by atoms with van der Waals surface area (Å²) in [6.45, 7) is 5.86. The Morgan fingerprint density at radius 3 is 2.47 bits per heavy atom. The van der Waals surface area contributed by atoms with Crippen molar-refractivity contribution in [1.29, 1.82) is 0 Å². The molecule has 0 radical (unpaired) electrons. The second-order valence-corrected chi connectivity index (χ2v) is 4.85. The van der Waals surface area contributed by atoms with Crippen LogP contribution in [0.1, 0.15) is 26.7 Å². The fraction of sp³-hybridized carbons (Fsp3) is 0.833. The van der Waals surface area contributed by atoms with Crippen LogP contribution in [0.4, 0.5) is 0 Å². The molecule has 1 heterocycles. The van der Waals surface area contributed by atoms with Crippen LogP contribution in [0.5, 0.6) is 0 Å². The molecule has 17 heavy (non-hydrogen) atoms. The highest BCUT2D eigenvalue weighted by Gasteiger charge is 2.36. The number of hydrogen-bond acceptors (Lipinski definition) is 4. The lowest BCUT2D eigenvalue weighted by Gasteiger charge is -2.36. The van der Waals surface area contributed by atoms with E-state index in [-0.39, 0.29) is 23.8 Å². The molecule has 1 amide bonds. The van der Waals surface area contributed by atoms with Gasteiger partial charge >= 0.3 is 5.97 Å². The van der Waals surface area contributed by atoms with Gasteiger partial charge in [-0.05, 0) is 39.9 Å². The molecule has 1 rings (SSSR count). The molecule has 5 heteroatoms. The van der Waals surface area contributed by atoms with Gasteiger partial charge in [-0.2, -0.15) is 0 Å². The van der Waals surface area contributed by atoms with E-state index >= 15 is 0 Å². The van der Waals surface area contributed by atoms with E-state index in [4.69, 9.17) is 4.74 Å². The molecule has 1 aliphatic heterocycles. The second-order valence-electron chi connectivity index (χ2n) is 4.85. The Morgan fingerprint density at radius 2 is 1.94 bits per heavy atom. The number of amides is 1. The fourth-order valence-electron chi connectivity index (χ4n) is 1.92. The van der Waals surface area contributed by atoms with E-state index < -0.39 is 0 Å². The lowest BCUT2D eigenvalue weighted by atomic mass is 9.79. The normalized spacial score (nSPS) is 19.7. The van der Waals surface area contributed by atoms with Crippen LogP contribution >= 0.6 is 0 Å².